The van der Waals surface area contributed by atoms with Gasteiger partial charge in [-0.15, -0.1) is 11.6 Å². The quantitative estimate of drug-likeness (QED) is 0.314. The second-order valence-corrected chi connectivity index (χ2v) is 8.27. The largest absolute Gasteiger partial charge is 0.491 e. The molecule has 9 nitrogen and oxygen atoms in total. The summed E-state index contributed by atoms with van der Waals surface area (Å²) >= 11 is 12.7. The van der Waals surface area contributed by atoms with Crippen molar-refractivity contribution in [3.8, 4) is 5.75 Å². The number of rotatable bonds is 9. The van der Waals surface area contributed by atoms with E-state index in [0.717, 1.165) is 0 Å². The number of ether oxygens (including phenoxy) is 1. The first-order valence-corrected chi connectivity index (χ1v) is 10.8. The lowest BCUT2D eigenvalue weighted by Gasteiger charge is -2.15. The Morgan fingerprint density at radius 2 is 1.93 bits per heavy atom. The standard InChI is InChI=1S/C18H20Cl2N4O5S/c1-23-15-14(16(27)22-17(23)28)24(18(21-15)30-9-11(25)6-19)7-12(26)8-29-13-4-2-10(20)3-5-13/h2-5,11-12,25-26H,6-9H2,1H3,(H,22,27,28)/t11-,12+/m1/s1. The van der Waals surface area contributed by atoms with Crippen molar-refractivity contribution >= 4 is 46.1 Å². The average molecular weight is 475 g/mol. The lowest BCUT2D eigenvalue weighted by atomic mass is 10.3. The van der Waals surface area contributed by atoms with E-state index in [1.165, 1.54) is 27.9 Å². The fraction of sp³-hybridized carbons (Fsp3) is 0.389. The normalized spacial score (nSPS) is 13.5. The van der Waals surface area contributed by atoms with Crippen LogP contribution in [0.15, 0.2) is 39.0 Å². The van der Waals surface area contributed by atoms with E-state index in [0.29, 0.717) is 15.9 Å². The number of aryl methyl sites for hydroxylation is 1. The van der Waals surface area contributed by atoms with Gasteiger partial charge < -0.3 is 19.5 Å². The number of aromatic nitrogens is 4. The zero-order valence-electron chi connectivity index (χ0n) is 15.9. The van der Waals surface area contributed by atoms with Crippen molar-refractivity contribution in [2.45, 2.75) is 23.9 Å². The molecule has 0 aliphatic rings. The van der Waals surface area contributed by atoms with E-state index in [1.54, 1.807) is 24.3 Å². The summed E-state index contributed by atoms with van der Waals surface area (Å²) in [5.74, 6) is 0.814. The smallest absolute Gasteiger partial charge is 0.329 e. The highest BCUT2D eigenvalue weighted by Crippen LogP contribution is 2.23. The Bertz CT molecular complexity index is 1130. The molecule has 12 heteroatoms. The molecule has 2 aromatic heterocycles. The minimum atomic E-state index is -0.980. The summed E-state index contributed by atoms with van der Waals surface area (Å²) in [7, 11) is 1.49. The molecule has 3 rings (SSSR count). The average Bonchev–Trinajstić information content (AvgIpc) is 3.08. The first-order chi connectivity index (χ1) is 14.3. The number of thioether (sulfide) groups is 1. The molecular formula is C18H20Cl2N4O5S. The maximum atomic E-state index is 12.4. The number of H-pyrrole nitrogens is 1. The zero-order valence-corrected chi connectivity index (χ0v) is 18.2. The maximum Gasteiger partial charge on any atom is 0.329 e. The molecule has 0 saturated carbocycles. The molecular weight excluding hydrogens is 455 g/mol. The van der Waals surface area contributed by atoms with Gasteiger partial charge >= 0.3 is 5.69 Å². The molecule has 0 amide bonds. The van der Waals surface area contributed by atoms with Crippen LogP contribution in [0.3, 0.4) is 0 Å². The molecule has 0 radical (unpaired) electrons. The molecule has 0 spiro atoms. The van der Waals surface area contributed by atoms with Crippen LogP contribution < -0.4 is 16.0 Å². The van der Waals surface area contributed by atoms with Crippen LogP contribution in [0.1, 0.15) is 0 Å². The molecule has 0 unspecified atom stereocenters. The number of hydrogen-bond donors (Lipinski definition) is 3. The number of aliphatic hydroxyl groups is 2. The van der Waals surface area contributed by atoms with E-state index in [-0.39, 0.29) is 35.9 Å². The van der Waals surface area contributed by atoms with Gasteiger partial charge in [0.15, 0.2) is 16.3 Å². The Hall–Kier alpha value is -1.98. The molecule has 3 N–H and O–H groups in total. The van der Waals surface area contributed by atoms with Crippen LogP contribution in [0.5, 0.6) is 5.75 Å². The Morgan fingerprint density at radius 3 is 2.60 bits per heavy atom. The maximum absolute atomic E-state index is 12.4. The molecule has 0 saturated heterocycles. The van der Waals surface area contributed by atoms with Gasteiger partial charge in [0.25, 0.3) is 5.56 Å². The Balaban J connectivity index is 1.87. The van der Waals surface area contributed by atoms with Crippen LogP contribution in [-0.4, -0.2) is 59.8 Å². The first-order valence-electron chi connectivity index (χ1n) is 8.93. The molecule has 1 aromatic carbocycles. The summed E-state index contributed by atoms with van der Waals surface area (Å²) in [5.41, 5.74) is -0.889. The number of aliphatic hydroxyl groups excluding tert-OH is 2. The summed E-state index contributed by atoms with van der Waals surface area (Å²) in [6, 6.07) is 6.70. The highest BCUT2D eigenvalue weighted by atomic mass is 35.5. The predicted octanol–water partition coefficient (Wildman–Crippen LogP) is 1.21. The fourth-order valence-electron chi connectivity index (χ4n) is 2.70. The molecule has 3 aromatic rings. The SMILES string of the molecule is Cn1c(=O)[nH]c(=O)c2c1nc(SC[C@H](O)CCl)n2C[C@H](O)COc1ccc(Cl)cc1. The minimum absolute atomic E-state index is 0.00925. The molecule has 0 bridgehead atoms. The lowest BCUT2D eigenvalue weighted by Crippen LogP contribution is -2.30. The number of hydrogen-bond acceptors (Lipinski definition) is 7. The molecule has 0 aliphatic heterocycles. The van der Waals surface area contributed by atoms with Crippen molar-refractivity contribution in [1.29, 1.82) is 0 Å². The van der Waals surface area contributed by atoms with Gasteiger partial charge in [0.2, 0.25) is 0 Å². The molecule has 2 heterocycles. The molecule has 2 atom stereocenters. The number of alkyl halides is 1. The van der Waals surface area contributed by atoms with Crippen molar-refractivity contribution < 1.29 is 14.9 Å². The molecule has 30 heavy (non-hydrogen) atoms. The van der Waals surface area contributed by atoms with Crippen LogP contribution in [-0.2, 0) is 13.6 Å². The minimum Gasteiger partial charge on any atom is -0.491 e. The van der Waals surface area contributed by atoms with E-state index in [4.69, 9.17) is 27.9 Å². The Labute approximate surface area is 185 Å². The number of fused-ring (bicyclic) bond motifs is 1. The number of halogens is 2. The van der Waals surface area contributed by atoms with Crippen molar-refractivity contribution in [2.24, 2.45) is 7.05 Å². The van der Waals surface area contributed by atoms with Crippen LogP contribution >= 0.6 is 35.0 Å². The van der Waals surface area contributed by atoms with Crippen LogP contribution in [0.25, 0.3) is 11.2 Å². The van der Waals surface area contributed by atoms with Gasteiger partial charge in [-0.05, 0) is 24.3 Å². The summed E-state index contributed by atoms with van der Waals surface area (Å²) in [4.78, 5) is 30.9. The summed E-state index contributed by atoms with van der Waals surface area (Å²) < 4.78 is 8.29. The molecule has 0 fully saturated rings. The third-order valence-corrected chi connectivity index (χ3v) is 5.93. The zero-order chi connectivity index (χ0) is 21.8. The lowest BCUT2D eigenvalue weighted by molar-refractivity contribution is 0.0913. The van der Waals surface area contributed by atoms with Gasteiger partial charge in [0.1, 0.15) is 18.5 Å². The van der Waals surface area contributed by atoms with E-state index < -0.39 is 23.5 Å². The predicted molar refractivity (Wildman–Crippen MR) is 116 cm³/mol. The van der Waals surface area contributed by atoms with E-state index in [9.17, 15) is 19.8 Å². The van der Waals surface area contributed by atoms with E-state index in [1.807, 2.05) is 0 Å². The van der Waals surface area contributed by atoms with Crippen molar-refractivity contribution in [2.75, 3.05) is 18.2 Å². The second kappa shape index (κ2) is 9.88. The van der Waals surface area contributed by atoms with Gasteiger partial charge in [0, 0.05) is 23.7 Å². The number of nitrogens with zero attached hydrogens (tertiary/aromatic N) is 3. The highest BCUT2D eigenvalue weighted by Gasteiger charge is 2.21. The van der Waals surface area contributed by atoms with Crippen LogP contribution in [0, 0.1) is 0 Å². The van der Waals surface area contributed by atoms with Crippen LogP contribution in [0.2, 0.25) is 5.02 Å². The molecule has 0 aliphatic carbocycles. The van der Waals surface area contributed by atoms with Gasteiger partial charge in [-0.25, -0.2) is 9.78 Å². The summed E-state index contributed by atoms with van der Waals surface area (Å²) in [6.45, 7) is -0.0515. The van der Waals surface area contributed by atoms with Gasteiger partial charge in [-0.1, -0.05) is 23.4 Å². The summed E-state index contributed by atoms with van der Waals surface area (Å²) in [6.07, 6.45) is -1.75. The third-order valence-electron chi connectivity index (χ3n) is 4.20. The number of nitrogens with one attached hydrogen (secondary N) is 1. The number of aromatic amines is 1. The van der Waals surface area contributed by atoms with Gasteiger partial charge in [-0.3, -0.25) is 14.3 Å². The number of imidazole rings is 1. The monoisotopic (exact) mass is 474 g/mol. The van der Waals surface area contributed by atoms with E-state index >= 15 is 0 Å². The van der Waals surface area contributed by atoms with Crippen LogP contribution in [0.4, 0.5) is 0 Å². The first kappa shape index (κ1) is 22.7. The van der Waals surface area contributed by atoms with E-state index in [2.05, 4.69) is 9.97 Å². The summed E-state index contributed by atoms with van der Waals surface area (Å²) in [5, 5.41) is 21.2. The Morgan fingerprint density at radius 1 is 1.23 bits per heavy atom. The topological polar surface area (TPSA) is 122 Å². The number of benzene rings is 1. The van der Waals surface area contributed by atoms with Gasteiger partial charge in [0.05, 0.1) is 12.6 Å². The second-order valence-electron chi connectivity index (χ2n) is 6.53. The van der Waals surface area contributed by atoms with Gasteiger partial charge in [-0.2, -0.15) is 0 Å². The molecule has 162 valence electrons. The Kier molecular flexibility index (Phi) is 7.48. The highest BCUT2D eigenvalue weighted by molar-refractivity contribution is 7.99. The van der Waals surface area contributed by atoms with Crippen molar-refractivity contribution in [3.63, 3.8) is 0 Å². The fourth-order valence-corrected chi connectivity index (χ4v) is 3.99. The van der Waals surface area contributed by atoms with Crippen molar-refractivity contribution in [1.82, 2.24) is 19.1 Å². The van der Waals surface area contributed by atoms with Crippen molar-refractivity contribution in [3.05, 3.63) is 50.1 Å². The third kappa shape index (κ3) is 5.19.